The Morgan fingerprint density at radius 3 is 2.26 bits per heavy atom. The van der Waals surface area contributed by atoms with Gasteiger partial charge in [0, 0.05) is 6.07 Å². The molecular weight excluding hydrogens is 292 g/mol. The van der Waals surface area contributed by atoms with E-state index >= 15 is 0 Å². The molecule has 0 bridgehead atoms. The first-order chi connectivity index (χ1) is 11.2. The lowest BCUT2D eigenvalue weighted by Gasteiger charge is -2.02. The maximum atomic E-state index is 11.6. The molecule has 0 atom stereocenters. The van der Waals surface area contributed by atoms with Crippen molar-refractivity contribution in [1.29, 1.82) is 0 Å². The first-order valence-electron chi connectivity index (χ1n) is 7.11. The van der Waals surface area contributed by atoms with Crippen LogP contribution in [0.2, 0.25) is 0 Å². The van der Waals surface area contributed by atoms with Crippen molar-refractivity contribution in [2.24, 2.45) is 0 Å². The van der Waals surface area contributed by atoms with Crippen molar-refractivity contribution in [1.82, 2.24) is 0 Å². The molecule has 0 unspecified atom stereocenters. The van der Waals surface area contributed by atoms with Crippen LogP contribution in [0.3, 0.4) is 0 Å². The predicted octanol–water partition coefficient (Wildman–Crippen LogP) is 4.39. The first-order valence-corrected chi connectivity index (χ1v) is 7.11. The van der Waals surface area contributed by atoms with Crippen LogP contribution in [0, 0.1) is 6.92 Å². The maximum Gasteiger partial charge on any atom is 0.342 e. The molecule has 0 fully saturated rings. The van der Waals surface area contributed by atoms with Gasteiger partial charge >= 0.3 is 5.63 Å². The van der Waals surface area contributed by atoms with Gasteiger partial charge in [-0.2, -0.15) is 0 Å². The van der Waals surface area contributed by atoms with Crippen LogP contribution in [0.4, 0.5) is 0 Å². The Balaban J connectivity index is 1.91. The van der Waals surface area contributed by atoms with Gasteiger partial charge in [-0.3, -0.25) is 0 Å². The molecule has 4 nitrogen and oxygen atoms in total. The van der Waals surface area contributed by atoms with E-state index in [0.717, 1.165) is 5.76 Å². The van der Waals surface area contributed by atoms with Gasteiger partial charge in [0.05, 0.1) is 18.9 Å². The zero-order chi connectivity index (χ0) is 16.5. The monoisotopic (exact) mass is 310 g/mol. The zero-order valence-corrected chi connectivity index (χ0v) is 13.1. The third-order valence-corrected chi connectivity index (χ3v) is 3.00. The van der Waals surface area contributed by atoms with E-state index in [2.05, 4.69) is 0 Å². The summed E-state index contributed by atoms with van der Waals surface area (Å²) in [7, 11) is 1.52. The van der Waals surface area contributed by atoms with Gasteiger partial charge < -0.3 is 13.6 Å². The fourth-order valence-electron chi connectivity index (χ4n) is 1.79. The Morgan fingerprint density at radius 1 is 1.00 bits per heavy atom. The van der Waals surface area contributed by atoms with E-state index in [1.54, 1.807) is 31.4 Å². The minimum atomic E-state index is -0.393. The highest BCUT2D eigenvalue weighted by molar-refractivity contribution is 5.49. The van der Waals surface area contributed by atoms with Gasteiger partial charge in [0.1, 0.15) is 17.3 Å². The second kappa shape index (κ2) is 8.44. The molecule has 0 spiro atoms. The summed E-state index contributed by atoms with van der Waals surface area (Å²) in [5.74, 6) is 1.78. The number of rotatable bonds is 6. The minimum absolute atomic E-state index is 0.393. The Morgan fingerprint density at radius 2 is 1.65 bits per heavy atom. The highest BCUT2D eigenvalue weighted by atomic mass is 16.5. The lowest BCUT2D eigenvalue weighted by atomic mass is 10.2. The van der Waals surface area contributed by atoms with E-state index in [1.807, 2.05) is 48.6 Å². The summed E-state index contributed by atoms with van der Waals surface area (Å²) >= 11 is 0. The third-order valence-electron chi connectivity index (χ3n) is 3.00. The average Bonchev–Trinajstić information content (AvgIpc) is 3.06. The smallest absolute Gasteiger partial charge is 0.342 e. The first kappa shape index (κ1) is 16.4. The van der Waals surface area contributed by atoms with Gasteiger partial charge in [0.2, 0.25) is 0 Å². The molecule has 0 saturated heterocycles. The number of allylic oxidation sites excluding steroid dienone is 6. The molecule has 0 aliphatic carbocycles. The summed E-state index contributed by atoms with van der Waals surface area (Å²) < 4.78 is 15.4. The number of hydrogen-bond acceptors (Lipinski definition) is 4. The predicted molar refractivity (Wildman–Crippen MR) is 91.3 cm³/mol. The second-order valence-electron chi connectivity index (χ2n) is 4.63. The molecule has 2 rings (SSSR count). The molecule has 0 saturated carbocycles. The van der Waals surface area contributed by atoms with E-state index in [1.165, 1.54) is 7.11 Å². The van der Waals surface area contributed by atoms with Crippen molar-refractivity contribution >= 4 is 12.2 Å². The number of hydrogen-bond donors (Lipinski definition) is 0. The average molecular weight is 310 g/mol. The maximum absolute atomic E-state index is 11.6. The molecule has 0 aromatic carbocycles. The third kappa shape index (κ3) is 5.04. The topological polar surface area (TPSA) is 52.6 Å². The van der Waals surface area contributed by atoms with Gasteiger partial charge in [0.15, 0.2) is 0 Å². The molecule has 2 aromatic heterocycles. The van der Waals surface area contributed by atoms with Crippen LogP contribution >= 0.6 is 0 Å². The van der Waals surface area contributed by atoms with Crippen molar-refractivity contribution in [3.8, 4) is 5.75 Å². The molecule has 4 heteroatoms. The van der Waals surface area contributed by atoms with Crippen LogP contribution in [0.5, 0.6) is 5.75 Å². The van der Waals surface area contributed by atoms with Crippen molar-refractivity contribution in [2.75, 3.05) is 7.11 Å². The molecule has 2 aromatic rings. The summed E-state index contributed by atoms with van der Waals surface area (Å²) in [6.07, 6.45) is 16.4. The van der Waals surface area contributed by atoms with E-state index in [9.17, 15) is 4.79 Å². The van der Waals surface area contributed by atoms with Crippen LogP contribution in [-0.4, -0.2) is 7.11 Å². The quantitative estimate of drug-likeness (QED) is 0.743. The van der Waals surface area contributed by atoms with E-state index in [0.29, 0.717) is 17.1 Å². The van der Waals surface area contributed by atoms with Crippen LogP contribution in [0.25, 0.3) is 12.2 Å². The number of furan rings is 1. The molecule has 2 heterocycles. The Hall–Kier alpha value is -3.01. The van der Waals surface area contributed by atoms with Gasteiger partial charge in [-0.1, -0.05) is 36.5 Å². The molecule has 0 radical (unpaired) electrons. The fourth-order valence-corrected chi connectivity index (χ4v) is 1.79. The molecule has 0 N–H and O–H groups in total. The second-order valence-corrected chi connectivity index (χ2v) is 4.63. The van der Waals surface area contributed by atoms with Gasteiger partial charge in [-0.05, 0) is 31.2 Å². The van der Waals surface area contributed by atoms with Crippen molar-refractivity contribution in [2.45, 2.75) is 6.92 Å². The summed E-state index contributed by atoms with van der Waals surface area (Å²) in [6.45, 7) is 1.67. The van der Waals surface area contributed by atoms with Gasteiger partial charge in [-0.15, -0.1) is 0 Å². The summed E-state index contributed by atoms with van der Waals surface area (Å²) in [4.78, 5) is 11.6. The number of methoxy groups -OCH3 is 1. The molecule has 0 amide bonds. The van der Waals surface area contributed by atoms with Crippen molar-refractivity contribution in [3.63, 3.8) is 0 Å². The van der Waals surface area contributed by atoms with Crippen LogP contribution in [0.1, 0.15) is 17.1 Å². The summed E-state index contributed by atoms with van der Waals surface area (Å²) in [5, 5.41) is 0. The van der Waals surface area contributed by atoms with Crippen LogP contribution < -0.4 is 10.4 Å². The SMILES string of the molecule is COc1cc(/C=C/C=C/C=C/C=C/c2ccco2)oc(=O)c1C. The van der Waals surface area contributed by atoms with Crippen LogP contribution in [0.15, 0.2) is 74.5 Å². The molecule has 23 heavy (non-hydrogen) atoms. The highest BCUT2D eigenvalue weighted by Crippen LogP contribution is 2.16. The fraction of sp³-hybridized carbons (Fsp3) is 0.105. The number of ether oxygens (including phenoxy) is 1. The van der Waals surface area contributed by atoms with Crippen molar-refractivity contribution in [3.05, 3.63) is 88.4 Å². The standard InChI is InChI=1S/C19H18O4/c1-15-18(21-2)14-17(23-19(15)20)11-8-6-4-3-5-7-10-16-12-9-13-22-16/h3-14H,1-2H3/b5-3+,6-4+,10-7+,11-8+. The van der Waals surface area contributed by atoms with Crippen molar-refractivity contribution < 1.29 is 13.6 Å². The van der Waals surface area contributed by atoms with Crippen LogP contribution in [-0.2, 0) is 0 Å². The minimum Gasteiger partial charge on any atom is -0.496 e. The highest BCUT2D eigenvalue weighted by Gasteiger charge is 2.05. The Kier molecular flexibility index (Phi) is 6.00. The van der Waals surface area contributed by atoms with Gasteiger partial charge in [0.25, 0.3) is 0 Å². The molecular formula is C19H18O4. The van der Waals surface area contributed by atoms with E-state index in [4.69, 9.17) is 13.6 Å². The lowest BCUT2D eigenvalue weighted by molar-refractivity contribution is 0.395. The summed E-state index contributed by atoms with van der Waals surface area (Å²) in [5.41, 5.74) is 0.0717. The normalized spacial score (nSPS) is 12.3. The molecule has 118 valence electrons. The largest absolute Gasteiger partial charge is 0.496 e. The molecule has 0 aliphatic rings. The lowest BCUT2D eigenvalue weighted by Crippen LogP contribution is -2.05. The zero-order valence-electron chi connectivity index (χ0n) is 13.1. The van der Waals surface area contributed by atoms with Gasteiger partial charge in [-0.25, -0.2) is 4.79 Å². The van der Waals surface area contributed by atoms with E-state index < -0.39 is 5.63 Å². The summed E-state index contributed by atoms with van der Waals surface area (Å²) in [6, 6.07) is 5.40. The molecule has 0 aliphatic heterocycles. The van der Waals surface area contributed by atoms with E-state index in [-0.39, 0.29) is 0 Å². The Labute approximate surface area is 134 Å². The Bertz CT molecular complexity index is 787.